The molecule has 238 valence electrons. The van der Waals surface area contributed by atoms with E-state index in [1.807, 2.05) is 32.8 Å². The summed E-state index contributed by atoms with van der Waals surface area (Å²) in [6.45, 7) is 14.0. The van der Waals surface area contributed by atoms with Crippen LogP contribution in [0.5, 0.6) is 0 Å². The van der Waals surface area contributed by atoms with Crippen LogP contribution in [0.2, 0.25) is 0 Å². The van der Waals surface area contributed by atoms with Crippen molar-refractivity contribution in [1.82, 2.24) is 15.1 Å². The van der Waals surface area contributed by atoms with Gasteiger partial charge in [0.2, 0.25) is 0 Å². The number of aliphatic hydroxyl groups excluding tert-OH is 1. The highest BCUT2D eigenvalue weighted by atomic mass is 16.7. The van der Waals surface area contributed by atoms with Crippen LogP contribution in [0.4, 0.5) is 0 Å². The van der Waals surface area contributed by atoms with E-state index in [0.29, 0.717) is 18.8 Å². The Hall–Kier alpha value is -1.14. The van der Waals surface area contributed by atoms with Crippen LogP contribution in [0.25, 0.3) is 0 Å². The van der Waals surface area contributed by atoms with Gasteiger partial charge in [0.15, 0.2) is 12.1 Å². The van der Waals surface area contributed by atoms with Gasteiger partial charge >= 0.3 is 5.97 Å². The number of methoxy groups -OCH3 is 1. The number of ketones is 1. The van der Waals surface area contributed by atoms with E-state index in [2.05, 4.69) is 24.2 Å². The van der Waals surface area contributed by atoms with Crippen LogP contribution >= 0.6 is 0 Å². The van der Waals surface area contributed by atoms with Crippen LogP contribution in [-0.2, 0) is 28.5 Å². The van der Waals surface area contributed by atoms with Crippen molar-refractivity contribution in [3.63, 3.8) is 0 Å². The van der Waals surface area contributed by atoms with Crippen LogP contribution in [0.15, 0.2) is 0 Å². The van der Waals surface area contributed by atoms with Gasteiger partial charge in [0, 0.05) is 31.7 Å². The van der Waals surface area contributed by atoms with Gasteiger partial charge in [0.05, 0.1) is 17.8 Å². The van der Waals surface area contributed by atoms with E-state index in [1.165, 1.54) is 0 Å². The van der Waals surface area contributed by atoms with E-state index in [4.69, 9.17) is 18.9 Å². The molecular formula is C31H57N3O7. The van der Waals surface area contributed by atoms with Crippen LogP contribution in [0.3, 0.4) is 0 Å². The minimum Gasteiger partial charge on any atom is -0.463 e. The summed E-state index contributed by atoms with van der Waals surface area (Å²) in [6, 6.07) is -0.127. The number of likely N-dealkylation sites (N-methyl/N-ethyl adjacent to an activating group) is 2. The van der Waals surface area contributed by atoms with E-state index in [0.717, 1.165) is 32.5 Å². The molecule has 3 aliphatic heterocycles. The number of cyclic esters (lactones) is 1. The third-order valence-corrected chi connectivity index (χ3v) is 9.80. The molecule has 3 rings (SSSR count). The van der Waals surface area contributed by atoms with E-state index in [9.17, 15) is 14.7 Å². The molecule has 0 saturated carbocycles. The molecule has 3 saturated heterocycles. The molecule has 3 heterocycles. The molecule has 3 aliphatic rings. The molecule has 10 atom stereocenters. The molecule has 41 heavy (non-hydrogen) atoms. The molecule has 0 aliphatic carbocycles. The first kappa shape index (κ1) is 34.4. The summed E-state index contributed by atoms with van der Waals surface area (Å²) in [7, 11) is 7.59. The van der Waals surface area contributed by atoms with Crippen LogP contribution in [-0.4, -0.2) is 123 Å². The number of hydrogen-bond acceptors (Lipinski definition) is 10. The van der Waals surface area contributed by atoms with E-state index >= 15 is 0 Å². The fourth-order valence-electron chi connectivity index (χ4n) is 7.27. The van der Waals surface area contributed by atoms with Gasteiger partial charge in [-0.3, -0.25) is 14.5 Å². The van der Waals surface area contributed by atoms with Gasteiger partial charge in [-0.1, -0.05) is 13.8 Å². The Morgan fingerprint density at radius 2 is 1.83 bits per heavy atom. The molecule has 0 radical (unpaired) electrons. The maximum absolute atomic E-state index is 14.1. The molecule has 10 nitrogen and oxygen atoms in total. The van der Waals surface area contributed by atoms with Crippen molar-refractivity contribution in [3.05, 3.63) is 0 Å². The molecule has 0 bridgehead atoms. The average molecular weight is 584 g/mol. The van der Waals surface area contributed by atoms with Crippen LogP contribution in [0, 0.1) is 23.2 Å². The van der Waals surface area contributed by atoms with Crippen molar-refractivity contribution in [2.45, 2.75) is 110 Å². The van der Waals surface area contributed by atoms with Gasteiger partial charge in [-0.15, -0.1) is 0 Å². The summed E-state index contributed by atoms with van der Waals surface area (Å²) in [4.78, 5) is 31.9. The normalized spacial score (nSPS) is 42.2. The summed E-state index contributed by atoms with van der Waals surface area (Å²) in [6.07, 6.45) is 0.624. The minimum absolute atomic E-state index is 0.0365. The molecule has 0 aromatic heterocycles. The van der Waals surface area contributed by atoms with Gasteiger partial charge in [-0.25, -0.2) is 0 Å². The maximum Gasteiger partial charge on any atom is 0.319 e. The molecule has 0 spiro atoms. The van der Waals surface area contributed by atoms with Gasteiger partial charge < -0.3 is 34.3 Å². The largest absolute Gasteiger partial charge is 0.463 e. The molecule has 0 amide bonds. The van der Waals surface area contributed by atoms with Crippen molar-refractivity contribution in [2.24, 2.45) is 23.2 Å². The summed E-state index contributed by atoms with van der Waals surface area (Å²) in [5.74, 6) is -1.03. The van der Waals surface area contributed by atoms with E-state index in [1.54, 1.807) is 27.9 Å². The number of nitrogens with one attached hydrogen (secondary N) is 1. The number of piperidine rings is 1. The van der Waals surface area contributed by atoms with Crippen LogP contribution < -0.4 is 5.32 Å². The molecule has 3 fully saturated rings. The zero-order valence-corrected chi connectivity index (χ0v) is 27.1. The Labute approximate surface area is 247 Å². The van der Waals surface area contributed by atoms with Gasteiger partial charge in [-0.2, -0.15) is 0 Å². The lowest BCUT2D eigenvalue weighted by Gasteiger charge is -2.47. The van der Waals surface area contributed by atoms with E-state index in [-0.39, 0.29) is 36.5 Å². The molecule has 2 N–H and O–H groups in total. The Morgan fingerprint density at radius 3 is 2.41 bits per heavy atom. The van der Waals surface area contributed by atoms with Crippen molar-refractivity contribution in [2.75, 3.05) is 54.5 Å². The lowest BCUT2D eigenvalue weighted by atomic mass is 9.74. The molecule has 0 unspecified atom stereocenters. The Kier molecular flexibility index (Phi) is 11.8. The Bertz CT molecular complexity index is 880. The first-order valence-corrected chi connectivity index (χ1v) is 15.4. The highest BCUT2D eigenvalue weighted by Crippen LogP contribution is 2.38. The SMILES string of the molecule is CO[C@]1(C)C[C@@H](C)CN(C)[C@H]([C@@H]2CCCNC2)COC(=O)C(C)(C)C(=O)[C@H](C)[C@H]1O[C@@H]1O[C@H](C)C[C@H](N(C)C)[C@H]1O. The molecule has 0 aromatic rings. The van der Waals surface area contributed by atoms with Gasteiger partial charge in [-0.05, 0) is 99.4 Å². The van der Waals surface area contributed by atoms with Crippen LogP contribution in [0.1, 0.15) is 67.2 Å². The standard InChI is InChI=1S/C31H57N3O7/c1-19-15-31(6,38-10)27(41-28-25(35)23(33(7)8)14-20(2)40-28)21(3)26(36)30(4,5)29(37)39-18-24(34(9)17-19)22-12-11-13-32-16-22/h19-25,27-28,32,35H,11-18H2,1-10H3/t19-,20-,21+,22-,23+,24+,25-,27-,28+,31-/m1/s1. The third kappa shape index (κ3) is 7.88. The number of Topliss-reactive ketones (excluding diaryl/α,β-unsaturated/α-hetero) is 1. The number of nitrogens with zero attached hydrogens (tertiary/aromatic N) is 2. The number of carbonyl (C=O) groups excluding carboxylic acids is 2. The van der Waals surface area contributed by atoms with E-state index < -0.39 is 41.4 Å². The Morgan fingerprint density at radius 1 is 1.15 bits per heavy atom. The summed E-state index contributed by atoms with van der Waals surface area (Å²) < 4.78 is 24.9. The minimum atomic E-state index is -1.39. The molecular weight excluding hydrogens is 526 g/mol. The number of rotatable bonds is 5. The number of aliphatic hydroxyl groups is 1. The van der Waals surface area contributed by atoms with Crippen molar-refractivity contribution in [3.8, 4) is 0 Å². The summed E-state index contributed by atoms with van der Waals surface area (Å²) >= 11 is 0. The first-order chi connectivity index (χ1) is 19.1. The maximum atomic E-state index is 14.1. The second-order valence-electron chi connectivity index (χ2n) is 13.9. The topological polar surface area (TPSA) is 110 Å². The monoisotopic (exact) mass is 583 g/mol. The lowest BCUT2D eigenvalue weighted by Crippen LogP contribution is -2.59. The molecule has 0 aromatic carbocycles. The third-order valence-electron chi connectivity index (χ3n) is 9.80. The molecule has 10 heteroatoms. The second-order valence-corrected chi connectivity index (χ2v) is 13.9. The number of esters is 1. The second kappa shape index (κ2) is 14.1. The summed E-state index contributed by atoms with van der Waals surface area (Å²) in [5, 5.41) is 14.8. The number of hydrogen-bond donors (Lipinski definition) is 2. The fourth-order valence-corrected chi connectivity index (χ4v) is 7.27. The van der Waals surface area contributed by atoms with Crippen molar-refractivity contribution in [1.29, 1.82) is 0 Å². The first-order valence-electron chi connectivity index (χ1n) is 15.4. The number of ether oxygens (including phenoxy) is 4. The number of carbonyl (C=O) groups is 2. The zero-order chi connectivity index (χ0) is 30.7. The zero-order valence-electron chi connectivity index (χ0n) is 27.1. The average Bonchev–Trinajstić information content (AvgIpc) is 2.92. The van der Waals surface area contributed by atoms with Gasteiger partial charge in [0.1, 0.15) is 18.1 Å². The van der Waals surface area contributed by atoms with Crippen molar-refractivity contribution >= 4 is 11.8 Å². The smallest absolute Gasteiger partial charge is 0.319 e. The highest BCUT2D eigenvalue weighted by molar-refractivity contribution is 6.04. The summed E-state index contributed by atoms with van der Waals surface area (Å²) in [5.41, 5.74) is -2.29. The quantitative estimate of drug-likeness (QED) is 0.370. The highest BCUT2D eigenvalue weighted by Gasteiger charge is 2.51. The fraction of sp³-hybridized carbons (Fsp3) is 0.935. The van der Waals surface area contributed by atoms with Crippen molar-refractivity contribution < 1.29 is 33.6 Å². The lowest BCUT2D eigenvalue weighted by molar-refractivity contribution is -0.295. The Balaban J connectivity index is 1.99. The predicted molar refractivity (Wildman–Crippen MR) is 157 cm³/mol. The predicted octanol–water partition coefficient (Wildman–Crippen LogP) is 2.32. The van der Waals surface area contributed by atoms with Gasteiger partial charge in [0.25, 0.3) is 0 Å².